The van der Waals surface area contributed by atoms with Crippen molar-refractivity contribution in [3.63, 3.8) is 0 Å². The van der Waals surface area contributed by atoms with Gasteiger partial charge in [-0.05, 0) is 12.1 Å². The molecule has 89 valence electrons. The number of fused-ring (bicyclic) bond motifs is 3. The molecular formula is C13H10BO4. The van der Waals surface area contributed by atoms with Crippen LogP contribution in [0.25, 0.3) is 21.9 Å². The Morgan fingerprint density at radius 2 is 1.89 bits per heavy atom. The van der Waals surface area contributed by atoms with E-state index in [0.717, 1.165) is 16.4 Å². The van der Waals surface area contributed by atoms with Crippen molar-refractivity contribution < 1.29 is 18.8 Å². The van der Waals surface area contributed by atoms with Crippen molar-refractivity contribution in [2.45, 2.75) is 0 Å². The van der Waals surface area contributed by atoms with Gasteiger partial charge in [-0.25, -0.2) is 0 Å². The predicted molar refractivity (Wildman–Crippen MR) is 68.9 cm³/mol. The van der Waals surface area contributed by atoms with E-state index in [1.807, 2.05) is 30.3 Å². The van der Waals surface area contributed by atoms with Crippen molar-refractivity contribution in [1.82, 2.24) is 0 Å². The summed E-state index contributed by atoms with van der Waals surface area (Å²) in [6.07, 6.45) is 0. The molecule has 0 aliphatic rings. The van der Waals surface area contributed by atoms with Crippen LogP contribution in [-0.2, 0) is 0 Å². The number of ether oxygens (including phenoxy) is 1. The first-order valence-electron chi connectivity index (χ1n) is 5.45. The summed E-state index contributed by atoms with van der Waals surface area (Å²) in [5, 5.41) is 10.7. The zero-order valence-electron chi connectivity index (χ0n) is 9.71. The van der Waals surface area contributed by atoms with Gasteiger partial charge >= 0.3 is 7.69 Å². The molecule has 0 fully saturated rings. The first-order valence-corrected chi connectivity index (χ1v) is 5.45. The van der Waals surface area contributed by atoms with Crippen LogP contribution in [0.2, 0.25) is 0 Å². The first-order chi connectivity index (χ1) is 8.83. The lowest BCUT2D eigenvalue weighted by atomic mass is 10.1. The highest BCUT2D eigenvalue weighted by atomic mass is 16.5. The molecule has 2 aromatic carbocycles. The average Bonchev–Trinajstić information content (AvgIpc) is 2.75. The molecule has 1 aromatic heterocycles. The molecule has 5 heteroatoms. The number of benzene rings is 2. The standard InChI is InChI=1S/C13H10BO4/c1-16-12-6-9-8-4-2-3-5-10(8)17-11(9)7-13(12)18-14-15/h2-7,15H,1H3. The van der Waals surface area contributed by atoms with Crippen LogP contribution in [0.5, 0.6) is 11.5 Å². The maximum Gasteiger partial charge on any atom is 0.569 e. The molecule has 3 aromatic rings. The third-order valence-corrected chi connectivity index (χ3v) is 2.84. The molecule has 0 unspecified atom stereocenters. The van der Waals surface area contributed by atoms with Crippen LogP contribution >= 0.6 is 0 Å². The summed E-state index contributed by atoms with van der Waals surface area (Å²) >= 11 is 0. The van der Waals surface area contributed by atoms with Crippen molar-refractivity contribution in [3.05, 3.63) is 36.4 Å². The van der Waals surface area contributed by atoms with Gasteiger partial charge in [0.25, 0.3) is 0 Å². The fourth-order valence-electron chi connectivity index (χ4n) is 2.04. The minimum absolute atomic E-state index is 0.409. The lowest BCUT2D eigenvalue weighted by Crippen LogP contribution is -2.01. The van der Waals surface area contributed by atoms with Gasteiger partial charge in [0.15, 0.2) is 5.75 Å². The molecular weight excluding hydrogens is 231 g/mol. The SMILES string of the molecule is COc1cc2c(cc1O[B]O)oc1ccccc12. The number of para-hydroxylation sites is 1. The second-order valence-corrected chi connectivity index (χ2v) is 3.82. The molecule has 1 N–H and O–H groups in total. The number of methoxy groups -OCH3 is 1. The van der Waals surface area contributed by atoms with Gasteiger partial charge in [-0.2, -0.15) is 0 Å². The Balaban J connectivity index is 2.32. The van der Waals surface area contributed by atoms with Crippen molar-refractivity contribution >= 4 is 29.6 Å². The molecule has 0 atom stereocenters. The Hall–Kier alpha value is -2.14. The Morgan fingerprint density at radius 1 is 1.06 bits per heavy atom. The number of hydrogen-bond acceptors (Lipinski definition) is 4. The maximum absolute atomic E-state index is 8.72. The molecule has 18 heavy (non-hydrogen) atoms. The third-order valence-electron chi connectivity index (χ3n) is 2.84. The van der Waals surface area contributed by atoms with Gasteiger partial charge < -0.3 is 18.8 Å². The van der Waals surface area contributed by atoms with Crippen molar-refractivity contribution in [3.8, 4) is 11.5 Å². The molecule has 0 saturated heterocycles. The number of furan rings is 1. The van der Waals surface area contributed by atoms with E-state index in [1.165, 1.54) is 0 Å². The van der Waals surface area contributed by atoms with E-state index < -0.39 is 0 Å². The van der Waals surface area contributed by atoms with Crippen LogP contribution in [0, 0.1) is 0 Å². The van der Waals surface area contributed by atoms with Gasteiger partial charge in [0.05, 0.1) is 7.11 Å². The molecule has 0 amide bonds. The van der Waals surface area contributed by atoms with Crippen LogP contribution in [0.4, 0.5) is 0 Å². The molecule has 3 rings (SSSR count). The van der Waals surface area contributed by atoms with Crippen molar-refractivity contribution in [1.29, 1.82) is 0 Å². The second kappa shape index (κ2) is 4.27. The molecule has 1 radical (unpaired) electrons. The molecule has 4 nitrogen and oxygen atoms in total. The highest BCUT2D eigenvalue weighted by Crippen LogP contribution is 2.37. The van der Waals surface area contributed by atoms with Gasteiger partial charge in [-0.15, -0.1) is 0 Å². The molecule has 1 heterocycles. The summed E-state index contributed by atoms with van der Waals surface area (Å²) in [7, 11) is 2.17. The van der Waals surface area contributed by atoms with Crippen LogP contribution in [-0.4, -0.2) is 19.8 Å². The molecule has 0 bridgehead atoms. The summed E-state index contributed by atoms with van der Waals surface area (Å²) in [6, 6.07) is 11.3. The van der Waals surface area contributed by atoms with E-state index in [9.17, 15) is 0 Å². The van der Waals surface area contributed by atoms with Crippen molar-refractivity contribution in [2.75, 3.05) is 7.11 Å². The van der Waals surface area contributed by atoms with E-state index in [1.54, 1.807) is 13.2 Å². The van der Waals surface area contributed by atoms with Gasteiger partial charge in [-0.3, -0.25) is 0 Å². The van der Waals surface area contributed by atoms with Crippen LogP contribution < -0.4 is 9.39 Å². The van der Waals surface area contributed by atoms with Crippen LogP contribution in [0.15, 0.2) is 40.8 Å². The van der Waals surface area contributed by atoms with Crippen molar-refractivity contribution in [2.24, 2.45) is 0 Å². The zero-order chi connectivity index (χ0) is 12.5. The van der Waals surface area contributed by atoms with E-state index >= 15 is 0 Å². The first kappa shape index (κ1) is 11.0. The van der Waals surface area contributed by atoms with E-state index in [2.05, 4.69) is 0 Å². The van der Waals surface area contributed by atoms with E-state index in [0.29, 0.717) is 24.8 Å². The lowest BCUT2D eigenvalue weighted by molar-refractivity contribution is 0.382. The smallest absolute Gasteiger partial charge is 0.535 e. The summed E-state index contributed by atoms with van der Waals surface area (Å²) in [4.78, 5) is 0. The quantitative estimate of drug-likeness (QED) is 0.715. The number of hydrogen-bond donors (Lipinski definition) is 1. The highest BCUT2D eigenvalue weighted by molar-refractivity contribution is 6.17. The topological polar surface area (TPSA) is 51.8 Å². The summed E-state index contributed by atoms with van der Waals surface area (Å²) in [6.45, 7) is 0. The monoisotopic (exact) mass is 241 g/mol. The largest absolute Gasteiger partial charge is 0.569 e. The number of rotatable bonds is 3. The minimum Gasteiger partial charge on any atom is -0.535 e. The average molecular weight is 241 g/mol. The van der Waals surface area contributed by atoms with Gasteiger partial charge in [0, 0.05) is 16.8 Å². The van der Waals surface area contributed by atoms with Gasteiger partial charge in [0.2, 0.25) is 0 Å². The summed E-state index contributed by atoms with van der Waals surface area (Å²) in [5.74, 6) is 0.950. The zero-order valence-corrected chi connectivity index (χ0v) is 9.71. The Labute approximate surface area is 104 Å². The Morgan fingerprint density at radius 3 is 2.67 bits per heavy atom. The van der Waals surface area contributed by atoms with Gasteiger partial charge in [-0.1, -0.05) is 18.2 Å². The fourth-order valence-corrected chi connectivity index (χ4v) is 2.04. The van der Waals surface area contributed by atoms with Crippen LogP contribution in [0.1, 0.15) is 0 Å². The highest BCUT2D eigenvalue weighted by Gasteiger charge is 2.12. The minimum atomic E-state index is 0.409. The fraction of sp³-hybridized carbons (Fsp3) is 0.0769. The lowest BCUT2D eigenvalue weighted by Gasteiger charge is -2.07. The molecule has 0 aliphatic carbocycles. The predicted octanol–water partition coefficient (Wildman–Crippen LogP) is 2.50. The molecule has 0 saturated carbocycles. The van der Waals surface area contributed by atoms with Gasteiger partial charge in [0.1, 0.15) is 16.9 Å². The van der Waals surface area contributed by atoms with Crippen LogP contribution in [0.3, 0.4) is 0 Å². The van der Waals surface area contributed by atoms with E-state index in [-0.39, 0.29) is 0 Å². The Kier molecular flexibility index (Phi) is 2.61. The summed E-state index contributed by atoms with van der Waals surface area (Å²) in [5.41, 5.74) is 1.49. The third kappa shape index (κ3) is 1.60. The second-order valence-electron chi connectivity index (χ2n) is 3.82. The normalized spacial score (nSPS) is 10.8. The Bertz CT molecular complexity index is 705. The maximum atomic E-state index is 8.72. The van der Waals surface area contributed by atoms with E-state index in [4.69, 9.17) is 18.8 Å². The summed E-state index contributed by atoms with van der Waals surface area (Å²) < 4.78 is 15.9. The molecule has 0 aliphatic heterocycles. The molecule has 0 spiro atoms.